The van der Waals surface area contributed by atoms with Crippen LogP contribution in [0.2, 0.25) is 0 Å². The van der Waals surface area contributed by atoms with E-state index in [0.29, 0.717) is 25.7 Å². The number of esters is 4. The molecule has 19 heteroatoms. The summed E-state index contributed by atoms with van der Waals surface area (Å²) in [4.78, 5) is 72.2. The van der Waals surface area contributed by atoms with Crippen LogP contribution >= 0.6 is 15.6 Å². The molecular weight excluding hydrogens is 1110 g/mol. The molecule has 0 radical (unpaired) electrons. The minimum absolute atomic E-state index is 0.106. The Morgan fingerprint density at radius 3 is 0.810 bits per heavy atom. The molecule has 84 heavy (non-hydrogen) atoms. The number of rotatable bonds is 65. The van der Waals surface area contributed by atoms with Gasteiger partial charge in [-0.15, -0.1) is 0 Å². The second-order valence-electron chi connectivity index (χ2n) is 24.0. The number of hydrogen-bond donors (Lipinski definition) is 3. The highest BCUT2D eigenvalue weighted by molar-refractivity contribution is 7.47. The van der Waals surface area contributed by atoms with Gasteiger partial charge in [0.25, 0.3) is 0 Å². The zero-order valence-electron chi connectivity index (χ0n) is 54.0. The summed E-state index contributed by atoms with van der Waals surface area (Å²) in [6.07, 6.45) is 43.0. The van der Waals surface area contributed by atoms with Crippen molar-refractivity contribution in [2.75, 3.05) is 39.6 Å². The van der Waals surface area contributed by atoms with Crippen LogP contribution in [0.15, 0.2) is 0 Å². The Bertz CT molecular complexity index is 1640. The van der Waals surface area contributed by atoms with Crippen molar-refractivity contribution in [1.29, 1.82) is 0 Å². The van der Waals surface area contributed by atoms with Gasteiger partial charge in [-0.1, -0.05) is 279 Å². The van der Waals surface area contributed by atoms with E-state index in [1.54, 1.807) is 0 Å². The van der Waals surface area contributed by atoms with E-state index in [0.717, 1.165) is 102 Å². The van der Waals surface area contributed by atoms with Gasteiger partial charge in [0, 0.05) is 25.7 Å². The van der Waals surface area contributed by atoms with Crippen molar-refractivity contribution in [2.24, 2.45) is 5.92 Å². The Morgan fingerprint density at radius 2 is 0.548 bits per heavy atom. The van der Waals surface area contributed by atoms with Crippen molar-refractivity contribution in [3.05, 3.63) is 0 Å². The van der Waals surface area contributed by atoms with Crippen molar-refractivity contribution in [3.63, 3.8) is 0 Å². The summed E-state index contributed by atoms with van der Waals surface area (Å²) in [5.41, 5.74) is 0. The molecule has 0 amide bonds. The maximum Gasteiger partial charge on any atom is 0.472 e. The van der Waals surface area contributed by atoms with Crippen LogP contribution in [0.25, 0.3) is 0 Å². The molecule has 5 atom stereocenters. The molecule has 0 aliphatic rings. The van der Waals surface area contributed by atoms with Gasteiger partial charge >= 0.3 is 39.5 Å². The smallest absolute Gasteiger partial charge is 0.462 e. The normalized spacial score (nSPS) is 14.2. The van der Waals surface area contributed by atoms with Gasteiger partial charge in [-0.05, 0) is 31.6 Å². The fourth-order valence-electron chi connectivity index (χ4n) is 9.76. The lowest BCUT2D eigenvalue weighted by molar-refractivity contribution is -0.161. The lowest BCUT2D eigenvalue weighted by atomic mass is 10.0. The number of phosphoric ester groups is 2. The molecule has 0 spiro atoms. The van der Waals surface area contributed by atoms with Crippen LogP contribution in [0.3, 0.4) is 0 Å². The highest BCUT2D eigenvalue weighted by atomic mass is 31.2. The van der Waals surface area contributed by atoms with E-state index in [9.17, 15) is 43.2 Å². The average molecular weight is 1240 g/mol. The van der Waals surface area contributed by atoms with Gasteiger partial charge in [-0.25, -0.2) is 9.13 Å². The molecule has 0 aliphatic carbocycles. The van der Waals surface area contributed by atoms with Crippen LogP contribution in [0, 0.1) is 5.92 Å². The molecule has 0 aromatic rings. The molecule has 0 fully saturated rings. The van der Waals surface area contributed by atoms with Gasteiger partial charge in [0.05, 0.1) is 26.4 Å². The lowest BCUT2D eigenvalue weighted by Crippen LogP contribution is -2.30. The molecule has 0 saturated carbocycles. The number of unbranched alkanes of at least 4 members (excludes halogenated alkanes) is 37. The third kappa shape index (κ3) is 59.0. The van der Waals surface area contributed by atoms with E-state index in [4.69, 9.17) is 37.0 Å². The average Bonchev–Trinajstić information content (AvgIpc) is 3.53. The zero-order valence-corrected chi connectivity index (χ0v) is 55.8. The Hall–Kier alpha value is -1.94. The van der Waals surface area contributed by atoms with E-state index in [2.05, 4.69) is 34.6 Å². The summed E-state index contributed by atoms with van der Waals surface area (Å²) in [6, 6.07) is 0. The number of hydrogen-bond acceptors (Lipinski definition) is 15. The predicted octanol–water partition coefficient (Wildman–Crippen LogP) is 18.2. The van der Waals surface area contributed by atoms with Gasteiger partial charge in [-0.3, -0.25) is 37.3 Å². The number of carbonyl (C=O) groups excluding carboxylic acids is 4. The molecular formula is C65H126O17P2. The summed E-state index contributed by atoms with van der Waals surface area (Å²) in [6.45, 7) is 7.16. The highest BCUT2D eigenvalue weighted by Gasteiger charge is 2.30. The molecule has 2 unspecified atom stereocenters. The molecule has 0 aromatic heterocycles. The largest absolute Gasteiger partial charge is 0.472 e. The van der Waals surface area contributed by atoms with Crippen molar-refractivity contribution < 1.29 is 80.2 Å². The van der Waals surface area contributed by atoms with Gasteiger partial charge in [-0.2, -0.15) is 0 Å². The molecule has 0 aromatic carbocycles. The van der Waals surface area contributed by atoms with Crippen molar-refractivity contribution >= 4 is 39.5 Å². The van der Waals surface area contributed by atoms with Crippen molar-refractivity contribution in [2.45, 2.75) is 348 Å². The first-order valence-corrected chi connectivity index (χ1v) is 37.1. The second kappa shape index (κ2) is 58.7. The fourth-order valence-corrected chi connectivity index (χ4v) is 11.3. The van der Waals surface area contributed by atoms with Crippen LogP contribution in [0.1, 0.15) is 330 Å². The summed E-state index contributed by atoms with van der Waals surface area (Å²) in [5.74, 6) is -1.39. The Labute approximate surface area is 511 Å². The second-order valence-corrected chi connectivity index (χ2v) is 26.9. The van der Waals surface area contributed by atoms with Crippen molar-refractivity contribution in [1.82, 2.24) is 0 Å². The maximum atomic E-state index is 13.0. The minimum Gasteiger partial charge on any atom is -0.462 e. The lowest BCUT2D eigenvalue weighted by Gasteiger charge is -2.21. The number of ether oxygens (including phenoxy) is 4. The van der Waals surface area contributed by atoms with Crippen LogP contribution in [0.5, 0.6) is 0 Å². The third-order valence-corrected chi connectivity index (χ3v) is 16.9. The van der Waals surface area contributed by atoms with Crippen molar-refractivity contribution in [3.8, 4) is 0 Å². The SMILES string of the molecule is CCCCCCCCCCCCCCCCC(=O)O[C@H](COC(=O)CCCCCCCCCCCC(C)C)COP(=O)(O)OC[C@@H](O)COP(=O)(O)OC[C@@H](COC(=O)CCCCCCCCCC)OC(=O)CCCCCCCCCCCC. The third-order valence-electron chi connectivity index (χ3n) is 15.0. The first kappa shape index (κ1) is 82.1. The number of aliphatic hydroxyl groups is 1. The Morgan fingerprint density at radius 1 is 0.321 bits per heavy atom. The molecule has 0 heterocycles. The van der Waals surface area contributed by atoms with E-state index in [-0.39, 0.29) is 25.7 Å². The van der Waals surface area contributed by atoms with E-state index < -0.39 is 97.5 Å². The standard InChI is InChI=1S/C65H126O17P2/c1-6-9-12-15-18-21-23-24-25-26-30-36-41-46-51-65(70)82-61(55-76-63(68)49-44-39-34-31-27-28-32-37-42-47-58(4)5)57-80-84(73,74)78-53-59(66)52-77-83(71,72)79-56-60(54-75-62(67)48-43-38-33-20-17-14-11-8-3)81-64(69)50-45-40-35-29-22-19-16-13-10-7-2/h58-61,66H,6-57H2,1-5H3,(H,71,72)(H,73,74)/t59-,60+,61+/m0/s1. The Kier molecular flexibility index (Phi) is 57.4. The molecule has 0 bridgehead atoms. The summed E-state index contributed by atoms with van der Waals surface area (Å²) >= 11 is 0. The van der Waals surface area contributed by atoms with Crippen LogP contribution < -0.4 is 0 Å². The minimum atomic E-state index is -4.94. The zero-order chi connectivity index (χ0) is 62.0. The van der Waals surface area contributed by atoms with Gasteiger partial charge < -0.3 is 33.8 Å². The Balaban J connectivity index is 5.22. The van der Waals surface area contributed by atoms with E-state index >= 15 is 0 Å². The predicted molar refractivity (Wildman–Crippen MR) is 335 cm³/mol. The van der Waals surface area contributed by atoms with Gasteiger partial charge in [0.1, 0.15) is 19.3 Å². The quantitative estimate of drug-likeness (QED) is 0.0222. The monoisotopic (exact) mass is 1240 g/mol. The van der Waals surface area contributed by atoms with Crippen LogP contribution in [0.4, 0.5) is 0 Å². The summed E-state index contributed by atoms with van der Waals surface area (Å²) < 4.78 is 68.0. The van der Waals surface area contributed by atoms with Crippen LogP contribution in [-0.2, 0) is 65.4 Å². The molecule has 0 rings (SSSR count). The molecule has 0 saturated heterocycles. The number of phosphoric acid groups is 2. The first-order chi connectivity index (χ1) is 40.5. The van der Waals surface area contributed by atoms with Gasteiger partial charge in [0.15, 0.2) is 12.2 Å². The molecule has 3 N–H and O–H groups in total. The molecule has 498 valence electrons. The maximum absolute atomic E-state index is 13.0. The molecule has 17 nitrogen and oxygen atoms in total. The molecule has 0 aliphatic heterocycles. The highest BCUT2D eigenvalue weighted by Crippen LogP contribution is 2.45. The topological polar surface area (TPSA) is 237 Å². The van der Waals surface area contributed by atoms with Gasteiger partial charge in [0.2, 0.25) is 0 Å². The summed E-state index contributed by atoms with van der Waals surface area (Å²) in [7, 11) is -9.88. The van der Waals surface area contributed by atoms with E-state index in [1.807, 2.05) is 0 Å². The van der Waals surface area contributed by atoms with E-state index in [1.165, 1.54) is 148 Å². The first-order valence-electron chi connectivity index (χ1n) is 34.1. The number of carbonyl (C=O) groups is 4. The van der Waals surface area contributed by atoms with Crippen LogP contribution in [-0.4, -0.2) is 96.7 Å². The fraction of sp³-hybridized carbons (Fsp3) is 0.938. The number of aliphatic hydroxyl groups excluding tert-OH is 1. The summed E-state index contributed by atoms with van der Waals surface area (Å²) in [5, 5.41) is 10.5.